The Morgan fingerprint density at radius 2 is 1.83 bits per heavy atom. The molecule has 1 fully saturated rings. The molecule has 0 unspecified atom stereocenters. The predicted molar refractivity (Wildman–Crippen MR) is 145 cm³/mol. The second kappa shape index (κ2) is 9.41. The summed E-state index contributed by atoms with van der Waals surface area (Å²) in [7, 11) is 2.04. The maximum Gasteiger partial charge on any atom is 0.254 e. The van der Waals surface area contributed by atoms with E-state index in [4.69, 9.17) is 4.98 Å². The molecule has 4 aromatic rings. The van der Waals surface area contributed by atoms with E-state index in [0.717, 1.165) is 82.5 Å². The Morgan fingerprint density at radius 1 is 1.08 bits per heavy atom. The van der Waals surface area contributed by atoms with E-state index in [9.17, 15) is 4.79 Å². The van der Waals surface area contributed by atoms with Gasteiger partial charge in [-0.1, -0.05) is 20.8 Å². The summed E-state index contributed by atoms with van der Waals surface area (Å²) >= 11 is 1.69. The van der Waals surface area contributed by atoms with Gasteiger partial charge in [-0.3, -0.25) is 9.69 Å². The molecule has 3 aromatic heterocycles. The molecule has 0 aliphatic carbocycles. The minimum absolute atomic E-state index is 0.103. The summed E-state index contributed by atoms with van der Waals surface area (Å²) in [6.45, 7) is 14.4. The van der Waals surface area contributed by atoms with Crippen LogP contribution in [0.3, 0.4) is 0 Å². The Labute approximate surface area is 216 Å². The van der Waals surface area contributed by atoms with Gasteiger partial charge in [0.25, 0.3) is 5.91 Å². The normalized spacial score (nSPS) is 15.1. The van der Waals surface area contributed by atoms with E-state index in [2.05, 4.69) is 63.9 Å². The van der Waals surface area contributed by atoms with Crippen LogP contribution in [0.1, 0.15) is 53.2 Å². The summed E-state index contributed by atoms with van der Waals surface area (Å²) in [4.78, 5) is 32.0. The average molecular weight is 503 g/mol. The first-order valence-electron chi connectivity index (χ1n) is 12.5. The van der Waals surface area contributed by atoms with Crippen molar-refractivity contribution in [2.75, 3.05) is 26.2 Å². The third kappa shape index (κ3) is 4.80. The Hall–Kier alpha value is -3.10. The standard InChI is InChI=1S/C28H34N6OS/c1-18-13-25-22(23(16-32(25)6)24-7-8-29-27(31-24)28(3,4)5)14-21(18)26(35)34-11-9-33(10-12-34)15-20-17-36-19(2)30-20/h7-8,13-14,16-17H,9-12,15H2,1-6H3. The van der Waals surface area contributed by atoms with Crippen molar-refractivity contribution >= 4 is 28.1 Å². The second-order valence-electron chi connectivity index (χ2n) is 10.8. The number of piperazine rings is 1. The monoisotopic (exact) mass is 502 g/mol. The van der Waals surface area contributed by atoms with Gasteiger partial charge >= 0.3 is 0 Å². The number of amides is 1. The number of hydrogen-bond acceptors (Lipinski definition) is 6. The molecule has 1 aliphatic rings. The number of hydrogen-bond donors (Lipinski definition) is 0. The van der Waals surface area contributed by atoms with Gasteiger partial charge in [0.15, 0.2) is 0 Å². The molecular weight excluding hydrogens is 468 g/mol. The number of aromatic nitrogens is 4. The first-order chi connectivity index (χ1) is 17.1. The fourth-order valence-corrected chi connectivity index (χ4v) is 5.43. The van der Waals surface area contributed by atoms with Crippen LogP contribution in [-0.4, -0.2) is 61.4 Å². The Morgan fingerprint density at radius 3 is 2.50 bits per heavy atom. The van der Waals surface area contributed by atoms with Gasteiger partial charge in [-0.2, -0.15) is 0 Å². The zero-order valence-electron chi connectivity index (χ0n) is 22.0. The van der Waals surface area contributed by atoms with Crippen molar-refractivity contribution in [2.24, 2.45) is 7.05 Å². The number of rotatable bonds is 4. The number of aryl methyl sites for hydroxylation is 3. The maximum absolute atomic E-state index is 13.6. The summed E-state index contributed by atoms with van der Waals surface area (Å²) in [6, 6.07) is 6.14. The molecule has 1 amide bonds. The minimum Gasteiger partial charge on any atom is -0.350 e. The first-order valence-corrected chi connectivity index (χ1v) is 13.3. The zero-order valence-corrected chi connectivity index (χ0v) is 22.8. The lowest BCUT2D eigenvalue weighted by molar-refractivity contribution is 0.0626. The lowest BCUT2D eigenvalue weighted by atomic mass is 9.95. The van der Waals surface area contributed by atoms with E-state index < -0.39 is 0 Å². The van der Waals surface area contributed by atoms with Gasteiger partial charge in [-0.15, -0.1) is 11.3 Å². The highest BCUT2D eigenvalue weighted by Gasteiger charge is 2.25. The van der Waals surface area contributed by atoms with E-state index >= 15 is 0 Å². The third-order valence-corrected chi connectivity index (χ3v) is 7.70. The molecule has 0 bridgehead atoms. The van der Waals surface area contributed by atoms with Crippen LogP contribution in [0, 0.1) is 13.8 Å². The molecule has 0 saturated carbocycles. The summed E-state index contributed by atoms with van der Waals surface area (Å²) in [5.41, 5.74) is 5.75. The number of fused-ring (bicyclic) bond motifs is 1. The van der Waals surface area contributed by atoms with Crippen LogP contribution in [-0.2, 0) is 19.0 Å². The van der Waals surface area contributed by atoms with Crippen molar-refractivity contribution in [2.45, 2.75) is 46.6 Å². The molecule has 1 saturated heterocycles. The molecule has 0 N–H and O–H groups in total. The van der Waals surface area contributed by atoms with E-state index in [-0.39, 0.29) is 11.3 Å². The zero-order chi connectivity index (χ0) is 25.6. The highest BCUT2D eigenvalue weighted by Crippen LogP contribution is 2.32. The Bertz CT molecular complexity index is 1420. The summed E-state index contributed by atoms with van der Waals surface area (Å²) in [5.74, 6) is 0.914. The minimum atomic E-state index is -0.140. The molecular formula is C28H34N6OS. The number of benzene rings is 1. The van der Waals surface area contributed by atoms with Crippen molar-refractivity contribution in [3.05, 3.63) is 63.6 Å². The van der Waals surface area contributed by atoms with Gasteiger partial charge in [0.2, 0.25) is 0 Å². The van der Waals surface area contributed by atoms with Gasteiger partial charge < -0.3 is 9.47 Å². The highest BCUT2D eigenvalue weighted by molar-refractivity contribution is 7.09. The molecule has 188 valence electrons. The molecule has 1 aliphatic heterocycles. The van der Waals surface area contributed by atoms with Gasteiger partial charge in [0.1, 0.15) is 5.82 Å². The number of nitrogens with zero attached hydrogens (tertiary/aromatic N) is 6. The van der Waals surface area contributed by atoms with Gasteiger partial charge in [-0.05, 0) is 37.6 Å². The SMILES string of the molecule is Cc1nc(CN2CCN(C(=O)c3cc4c(-c5ccnc(C(C)(C)C)n5)cn(C)c4cc3C)CC2)cs1. The van der Waals surface area contributed by atoms with Crippen LogP contribution < -0.4 is 0 Å². The third-order valence-electron chi connectivity index (χ3n) is 6.88. The lowest BCUT2D eigenvalue weighted by Crippen LogP contribution is -2.48. The van der Waals surface area contributed by atoms with Crippen LogP contribution in [0.4, 0.5) is 0 Å². The van der Waals surface area contributed by atoms with Crippen LogP contribution in [0.2, 0.25) is 0 Å². The Balaban J connectivity index is 1.40. The van der Waals surface area contributed by atoms with Crippen LogP contribution >= 0.6 is 11.3 Å². The van der Waals surface area contributed by atoms with Crippen LogP contribution in [0.5, 0.6) is 0 Å². The van der Waals surface area contributed by atoms with E-state index in [1.165, 1.54) is 0 Å². The quantitative estimate of drug-likeness (QED) is 0.394. The van der Waals surface area contributed by atoms with E-state index in [1.54, 1.807) is 11.3 Å². The van der Waals surface area contributed by atoms with Crippen molar-refractivity contribution in [3.63, 3.8) is 0 Å². The smallest absolute Gasteiger partial charge is 0.254 e. The predicted octanol–water partition coefficient (Wildman–Crippen LogP) is 4.96. The van der Waals surface area contributed by atoms with Gasteiger partial charge in [0, 0.05) is 85.0 Å². The van der Waals surface area contributed by atoms with Crippen molar-refractivity contribution in [1.29, 1.82) is 0 Å². The molecule has 0 radical (unpaired) electrons. The maximum atomic E-state index is 13.6. The second-order valence-corrected chi connectivity index (χ2v) is 11.8. The van der Waals surface area contributed by atoms with Gasteiger partial charge in [0.05, 0.1) is 16.4 Å². The number of carbonyl (C=O) groups excluding carboxylic acids is 1. The van der Waals surface area contributed by atoms with Gasteiger partial charge in [-0.25, -0.2) is 15.0 Å². The molecule has 1 aromatic carbocycles. The average Bonchev–Trinajstić information content (AvgIpc) is 3.40. The molecule has 7 nitrogen and oxygen atoms in total. The molecule has 0 spiro atoms. The summed E-state index contributed by atoms with van der Waals surface area (Å²) < 4.78 is 2.11. The lowest BCUT2D eigenvalue weighted by Gasteiger charge is -2.34. The molecule has 5 rings (SSSR count). The van der Waals surface area contributed by atoms with Crippen LogP contribution in [0.15, 0.2) is 36.0 Å². The van der Waals surface area contributed by atoms with Crippen molar-refractivity contribution in [3.8, 4) is 11.3 Å². The Kier molecular flexibility index (Phi) is 6.43. The molecule has 36 heavy (non-hydrogen) atoms. The topological polar surface area (TPSA) is 67.2 Å². The highest BCUT2D eigenvalue weighted by atomic mass is 32.1. The van der Waals surface area contributed by atoms with E-state index in [0.29, 0.717) is 0 Å². The van der Waals surface area contributed by atoms with Crippen LogP contribution in [0.25, 0.3) is 22.2 Å². The largest absolute Gasteiger partial charge is 0.350 e. The summed E-state index contributed by atoms with van der Waals surface area (Å²) in [6.07, 6.45) is 3.93. The van der Waals surface area contributed by atoms with Crippen molar-refractivity contribution in [1.82, 2.24) is 29.3 Å². The summed E-state index contributed by atoms with van der Waals surface area (Å²) in [5, 5.41) is 4.27. The number of thiazole rings is 1. The molecule has 4 heterocycles. The van der Waals surface area contributed by atoms with Crippen molar-refractivity contribution < 1.29 is 4.79 Å². The number of carbonyl (C=O) groups is 1. The molecule has 8 heteroatoms. The molecule has 0 atom stereocenters. The fourth-order valence-electron chi connectivity index (χ4n) is 4.83. The van der Waals surface area contributed by atoms with E-state index in [1.807, 2.05) is 38.1 Å². The first kappa shape index (κ1) is 24.6. The fraction of sp³-hybridized carbons (Fsp3) is 0.429.